The van der Waals surface area contributed by atoms with Crippen LogP contribution in [0.25, 0.3) is 100 Å². The molecule has 3 heterocycles. The summed E-state index contributed by atoms with van der Waals surface area (Å²) in [5, 5.41) is 4.53. The highest BCUT2D eigenvalue weighted by Gasteiger charge is 2.24. The summed E-state index contributed by atoms with van der Waals surface area (Å²) in [6, 6.07) is 83.0. The molecule has 6 heteroatoms. The smallest absolute Gasteiger partial charge is 0.238 e. The molecule has 0 bridgehead atoms. The molecule has 0 aliphatic heterocycles. The van der Waals surface area contributed by atoms with Gasteiger partial charge < -0.3 is 9.47 Å². The van der Waals surface area contributed by atoms with Crippen molar-refractivity contribution in [2.75, 3.05) is 4.90 Å². The monoisotopic (exact) mass is 938 g/mol. The lowest BCUT2D eigenvalue weighted by Crippen LogP contribution is -2.10. The van der Waals surface area contributed by atoms with Gasteiger partial charge in [0.25, 0.3) is 0 Å². The third-order valence-corrected chi connectivity index (χ3v) is 14.0. The van der Waals surface area contributed by atoms with E-state index in [2.05, 4.69) is 272 Å². The molecule has 0 fully saturated rings. The second kappa shape index (κ2) is 17.8. The van der Waals surface area contributed by atoms with Crippen molar-refractivity contribution in [3.05, 3.63) is 253 Å². The van der Waals surface area contributed by atoms with Crippen molar-refractivity contribution in [3.8, 4) is 56.7 Å². The van der Waals surface area contributed by atoms with Crippen LogP contribution in [0, 0.1) is 27.7 Å². The Morgan fingerprint density at radius 3 is 1.41 bits per heavy atom. The van der Waals surface area contributed by atoms with Crippen molar-refractivity contribution < 1.29 is 0 Å². The largest absolute Gasteiger partial charge is 0.310 e. The van der Waals surface area contributed by atoms with Crippen molar-refractivity contribution in [3.63, 3.8) is 0 Å². The third kappa shape index (κ3) is 7.90. The number of hydrogen-bond donors (Lipinski definition) is 0. The van der Waals surface area contributed by atoms with E-state index in [-0.39, 0.29) is 0 Å². The molecule has 3 aromatic heterocycles. The topological polar surface area (TPSA) is 51.8 Å². The standard InChI is InChI=1S/C67H50N6/c1-43-33-44(2)36-51(35-43)65-68-66(52-37-45(3)34-46(4)38-52)70-67(69-65)73-62-32-31-56(40-58(62)60-41-59-57-25-14-15-26-61(57)72(63(59)42-64(60)73)53-22-12-7-13-23-53)71(54-29-27-49(28-30-54)47-17-8-5-9-18-47)55-24-16-21-50(39-55)48-19-10-6-11-20-48/h5-42H,1-4H3. The van der Waals surface area contributed by atoms with E-state index in [4.69, 9.17) is 15.0 Å². The number of rotatable bonds is 9. The Labute approximate surface area is 424 Å². The van der Waals surface area contributed by atoms with Crippen LogP contribution in [0.4, 0.5) is 17.1 Å². The summed E-state index contributed by atoms with van der Waals surface area (Å²) < 4.78 is 4.64. The van der Waals surface area contributed by atoms with Crippen LogP contribution in [0.5, 0.6) is 0 Å². The van der Waals surface area contributed by atoms with Gasteiger partial charge in [-0.05, 0) is 147 Å². The molecular formula is C67H50N6. The Hall–Kier alpha value is -9.39. The van der Waals surface area contributed by atoms with Crippen molar-refractivity contribution in [2.24, 2.45) is 0 Å². The number of nitrogens with zero attached hydrogens (tertiary/aromatic N) is 6. The molecule has 0 saturated carbocycles. The van der Waals surface area contributed by atoms with Gasteiger partial charge in [-0.1, -0.05) is 156 Å². The number of fused-ring (bicyclic) bond motifs is 6. The fourth-order valence-corrected chi connectivity index (χ4v) is 10.9. The summed E-state index contributed by atoms with van der Waals surface area (Å²) >= 11 is 0. The molecule has 6 nitrogen and oxygen atoms in total. The Bertz CT molecular complexity index is 4120. The van der Waals surface area contributed by atoms with Crippen LogP contribution < -0.4 is 4.90 Å². The first-order valence-corrected chi connectivity index (χ1v) is 24.9. The molecule has 73 heavy (non-hydrogen) atoms. The van der Waals surface area contributed by atoms with E-state index in [1.54, 1.807) is 0 Å². The van der Waals surface area contributed by atoms with Gasteiger partial charge in [0, 0.05) is 55.4 Å². The van der Waals surface area contributed by atoms with Gasteiger partial charge in [0.1, 0.15) is 0 Å². The van der Waals surface area contributed by atoms with E-state index in [0.29, 0.717) is 17.6 Å². The number of aromatic nitrogens is 5. The maximum atomic E-state index is 5.45. The predicted octanol–water partition coefficient (Wildman–Crippen LogP) is 17.4. The zero-order valence-electron chi connectivity index (χ0n) is 41.1. The molecule has 0 unspecified atom stereocenters. The zero-order chi connectivity index (χ0) is 49.2. The van der Waals surface area contributed by atoms with Gasteiger partial charge in [0.2, 0.25) is 5.95 Å². The van der Waals surface area contributed by atoms with Crippen LogP contribution in [0.3, 0.4) is 0 Å². The molecule has 10 aromatic carbocycles. The quantitative estimate of drug-likeness (QED) is 0.145. The minimum Gasteiger partial charge on any atom is -0.310 e. The fraction of sp³-hybridized carbons (Fsp3) is 0.0597. The molecule has 13 rings (SSSR count). The third-order valence-electron chi connectivity index (χ3n) is 14.0. The number of benzene rings is 10. The van der Waals surface area contributed by atoms with Crippen molar-refractivity contribution in [1.82, 2.24) is 24.1 Å². The highest BCUT2D eigenvalue weighted by atomic mass is 15.2. The van der Waals surface area contributed by atoms with E-state index < -0.39 is 0 Å². The minimum absolute atomic E-state index is 0.553. The lowest BCUT2D eigenvalue weighted by molar-refractivity contribution is 0.952. The van der Waals surface area contributed by atoms with E-state index in [1.165, 1.54) is 21.9 Å². The van der Waals surface area contributed by atoms with Crippen LogP contribution in [0.1, 0.15) is 22.3 Å². The van der Waals surface area contributed by atoms with Crippen molar-refractivity contribution in [2.45, 2.75) is 27.7 Å². The average molecular weight is 939 g/mol. The zero-order valence-corrected chi connectivity index (χ0v) is 41.1. The molecular weight excluding hydrogens is 889 g/mol. The van der Waals surface area contributed by atoms with Crippen molar-refractivity contribution >= 4 is 60.7 Å². The summed E-state index contributed by atoms with van der Waals surface area (Å²) in [5.41, 5.74) is 19.6. The fourth-order valence-electron chi connectivity index (χ4n) is 10.9. The van der Waals surface area contributed by atoms with Crippen molar-refractivity contribution in [1.29, 1.82) is 0 Å². The highest BCUT2D eigenvalue weighted by Crippen LogP contribution is 2.44. The summed E-state index contributed by atoms with van der Waals surface area (Å²) in [6.07, 6.45) is 0. The van der Waals surface area contributed by atoms with E-state index in [1.807, 2.05) is 0 Å². The normalized spacial score (nSPS) is 11.6. The minimum atomic E-state index is 0.553. The summed E-state index contributed by atoms with van der Waals surface area (Å²) in [7, 11) is 0. The average Bonchev–Trinajstić information content (AvgIpc) is 3.92. The molecule has 0 aliphatic carbocycles. The van der Waals surface area contributed by atoms with Gasteiger partial charge in [-0.3, -0.25) is 4.57 Å². The van der Waals surface area contributed by atoms with E-state index in [0.717, 1.165) is 100 Å². The van der Waals surface area contributed by atoms with Gasteiger partial charge in [0.15, 0.2) is 11.6 Å². The van der Waals surface area contributed by atoms with Gasteiger partial charge in [0.05, 0.1) is 22.1 Å². The molecule has 0 atom stereocenters. The second-order valence-electron chi connectivity index (χ2n) is 19.3. The molecule has 13 aromatic rings. The molecule has 348 valence electrons. The lowest BCUT2D eigenvalue weighted by atomic mass is 10.0. The van der Waals surface area contributed by atoms with Crippen LogP contribution in [0.2, 0.25) is 0 Å². The molecule has 0 saturated heterocycles. The highest BCUT2D eigenvalue weighted by molar-refractivity contribution is 6.19. The summed E-state index contributed by atoms with van der Waals surface area (Å²) in [5.74, 6) is 1.80. The van der Waals surface area contributed by atoms with E-state index >= 15 is 0 Å². The number of para-hydroxylation sites is 2. The van der Waals surface area contributed by atoms with E-state index in [9.17, 15) is 0 Å². The molecule has 0 N–H and O–H groups in total. The Balaban J connectivity index is 1.11. The predicted molar refractivity (Wildman–Crippen MR) is 304 cm³/mol. The molecule has 0 amide bonds. The number of aryl methyl sites for hydroxylation is 4. The van der Waals surface area contributed by atoms with Gasteiger partial charge in [-0.15, -0.1) is 0 Å². The lowest BCUT2D eigenvalue weighted by Gasteiger charge is -2.26. The molecule has 0 aliphatic rings. The number of anilines is 3. The molecule has 0 radical (unpaired) electrons. The summed E-state index contributed by atoms with van der Waals surface area (Å²) in [6.45, 7) is 8.52. The number of hydrogen-bond acceptors (Lipinski definition) is 4. The van der Waals surface area contributed by atoms with Gasteiger partial charge in [-0.25, -0.2) is 4.98 Å². The maximum absolute atomic E-state index is 5.45. The maximum Gasteiger partial charge on any atom is 0.238 e. The van der Waals surface area contributed by atoms with Gasteiger partial charge >= 0.3 is 0 Å². The Morgan fingerprint density at radius 1 is 0.288 bits per heavy atom. The first-order chi connectivity index (χ1) is 35.8. The first-order valence-electron chi connectivity index (χ1n) is 24.9. The Morgan fingerprint density at radius 2 is 0.767 bits per heavy atom. The molecule has 0 spiro atoms. The Kier molecular flexibility index (Phi) is 10.6. The van der Waals surface area contributed by atoms with Crippen LogP contribution in [-0.4, -0.2) is 24.1 Å². The van der Waals surface area contributed by atoms with Crippen LogP contribution in [0.15, 0.2) is 231 Å². The second-order valence-corrected chi connectivity index (χ2v) is 19.3. The summed E-state index contributed by atoms with van der Waals surface area (Å²) in [4.78, 5) is 18.5. The van der Waals surface area contributed by atoms with Crippen LogP contribution in [-0.2, 0) is 0 Å². The SMILES string of the molecule is Cc1cc(C)cc(-c2nc(-c3cc(C)cc(C)c3)nc(-n3c4ccc(N(c5ccc(-c6ccccc6)cc5)c5cccc(-c6ccccc6)c5)cc4c4cc5c6ccccc6n(-c6ccccc6)c5cc43)n2)c1. The van der Waals surface area contributed by atoms with Gasteiger partial charge in [-0.2, -0.15) is 9.97 Å². The first kappa shape index (κ1) is 43.6. The van der Waals surface area contributed by atoms with Crippen LogP contribution >= 0.6 is 0 Å².